The highest BCUT2D eigenvalue weighted by atomic mass is 32.2. The number of methoxy groups -OCH3 is 1. The van der Waals surface area contributed by atoms with E-state index in [-0.39, 0.29) is 11.7 Å². The van der Waals surface area contributed by atoms with Crippen LogP contribution in [0.4, 0.5) is 5.69 Å². The number of hydrogen-bond acceptors (Lipinski definition) is 5. The zero-order chi connectivity index (χ0) is 20.1. The first-order valence-electron chi connectivity index (χ1n) is 8.95. The Balaban J connectivity index is 1.62. The molecule has 0 atom stereocenters. The van der Waals surface area contributed by atoms with Gasteiger partial charge >= 0.3 is 5.97 Å². The molecule has 1 aliphatic rings. The first-order valence-corrected chi connectivity index (χ1v) is 10.6. The van der Waals surface area contributed by atoms with Gasteiger partial charge in [-0.1, -0.05) is 12.1 Å². The predicted molar refractivity (Wildman–Crippen MR) is 106 cm³/mol. The number of ether oxygens (including phenoxy) is 1. The van der Waals surface area contributed by atoms with Crippen molar-refractivity contribution in [1.82, 2.24) is 4.31 Å². The molecule has 2 aromatic rings. The molecule has 7 nitrogen and oxygen atoms in total. The zero-order valence-electron chi connectivity index (χ0n) is 15.6. The molecule has 148 valence electrons. The van der Waals surface area contributed by atoms with E-state index >= 15 is 0 Å². The number of sulfonamides is 1. The van der Waals surface area contributed by atoms with Crippen LogP contribution in [0.2, 0.25) is 0 Å². The van der Waals surface area contributed by atoms with E-state index in [0.717, 1.165) is 12.8 Å². The summed E-state index contributed by atoms with van der Waals surface area (Å²) in [6, 6.07) is 12.9. The molecule has 0 aliphatic carbocycles. The lowest BCUT2D eigenvalue weighted by atomic mass is 10.1. The predicted octanol–water partition coefficient (Wildman–Crippen LogP) is 2.65. The quantitative estimate of drug-likeness (QED) is 0.750. The Hall–Kier alpha value is -2.71. The topological polar surface area (TPSA) is 92.8 Å². The molecule has 1 saturated heterocycles. The van der Waals surface area contributed by atoms with E-state index in [2.05, 4.69) is 10.1 Å². The van der Waals surface area contributed by atoms with E-state index in [9.17, 15) is 18.0 Å². The van der Waals surface area contributed by atoms with E-state index in [1.54, 1.807) is 48.5 Å². The smallest absolute Gasteiger partial charge is 0.337 e. The van der Waals surface area contributed by atoms with Crippen LogP contribution in [-0.4, -0.2) is 44.8 Å². The van der Waals surface area contributed by atoms with E-state index in [4.69, 9.17) is 0 Å². The fraction of sp³-hybridized carbons (Fsp3) is 0.300. The van der Waals surface area contributed by atoms with E-state index in [1.807, 2.05) is 0 Å². The summed E-state index contributed by atoms with van der Waals surface area (Å²) >= 11 is 0. The van der Waals surface area contributed by atoms with Crippen LogP contribution in [0.25, 0.3) is 0 Å². The third-order valence-electron chi connectivity index (χ3n) is 4.59. The van der Waals surface area contributed by atoms with Gasteiger partial charge in [0, 0.05) is 24.3 Å². The lowest BCUT2D eigenvalue weighted by molar-refractivity contribution is 0.0600. The molecule has 0 saturated carbocycles. The zero-order valence-corrected chi connectivity index (χ0v) is 16.4. The monoisotopic (exact) mass is 402 g/mol. The summed E-state index contributed by atoms with van der Waals surface area (Å²) in [4.78, 5) is 23.8. The Morgan fingerprint density at radius 1 is 0.964 bits per heavy atom. The van der Waals surface area contributed by atoms with Crippen molar-refractivity contribution >= 4 is 27.6 Å². The van der Waals surface area contributed by atoms with Gasteiger partial charge in [0.05, 0.1) is 18.4 Å². The normalized spacial score (nSPS) is 14.6. The lowest BCUT2D eigenvalue weighted by Gasteiger charge is -2.15. The number of carbonyl (C=O) groups excluding carboxylic acids is 2. The van der Waals surface area contributed by atoms with Gasteiger partial charge in [0.15, 0.2) is 0 Å². The minimum atomic E-state index is -3.31. The minimum absolute atomic E-state index is 0.0656. The number of carbonyl (C=O) groups is 2. The third-order valence-corrected chi connectivity index (χ3v) is 6.44. The van der Waals surface area contributed by atoms with Gasteiger partial charge < -0.3 is 10.1 Å². The number of nitrogens with zero attached hydrogens (tertiary/aromatic N) is 1. The summed E-state index contributed by atoms with van der Waals surface area (Å²) < 4.78 is 30.9. The van der Waals surface area contributed by atoms with Crippen LogP contribution in [0, 0.1) is 0 Å². The molecule has 3 rings (SSSR count). The SMILES string of the molecule is COC(=O)c1ccc(NC(=O)c2ccc(CS(=O)(=O)N3CCCC3)cc2)cc1. The van der Waals surface area contributed by atoms with E-state index in [0.29, 0.717) is 35.5 Å². The van der Waals surface area contributed by atoms with Crippen molar-refractivity contribution in [1.29, 1.82) is 0 Å². The summed E-state index contributed by atoms with van der Waals surface area (Å²) in [6.45, 7) is 1.16. The van der Waals surface area contributed by atoms with Gasteiger partial charge in [0.1, 0.15) is 0 Å². The first-order chi connectivity index (χ1) is 13.4. The second-order valence-corrected chi connectivity index (χ2v) is 8.55. The van der Waals surface area contributed by atoms with Crippen molar-refractivity contribution in [2.75, 3.05) is 25.5 Å². The van der Waals surface area contributed by atoms with Crippen molar-refractivity contribution < 1.29 is 22.7 Å². The molecule has 2 aromatic carbocycles. The Morgan fingerprint density at radius 2 is 1.54 bits per heavy atom. The minimum Gasteiger partial charge on any atom is -0.465 e. The Kier molecular flexibility index (Phi) is 6.11. The van der Waals surface area contributed by atoms with Crippen LogP contribution < -0.4 is 5.32 Å². The van der Waals surface area contributed by atoms with E-state index < -0.39 is 16.0 Å². The summed E-state index contributed by atoms with van der Waals surface area (Å²) in [6.07, 6.45) is 1.80. The van der Waals surface area contributed by atoms with Crippen molar-refractivity contribution in [2.45, 2.75) is 18.6 Å². The maximum absolute atomic E-state index is 12.4. The molecule has 0 aromatic heterocycles. The average Bonchev–Trinajstić information content (AvgIpc) is 3.24. The van der Waals surface area contributed by atoms with Crippen LogP contribution in [-0.2, 0) is 20.5 Å². The number of benzene rings is 2. The van der Waals surface area contributed by atoms with Gasteiger partial charge in [-0.15, -0.1) is 0 Å². The highest BCUT2D eigenvalue weighted by molar-refractivity contribution is 7.88. The van der Waals surface area contributed by atoms with Crippen LogP contribution in [0.3, 0.4) is 0 Å². The molecule has 0 radical (unpaired) electrons. The molecule has 28 heavy (non-hydrogen) atoms. The van der Waals surface area contributed by atoms with E-state index in [1.165, 1.54) is 11.4 Å². The van der Waals surface area contributed by atoms with Crippen LogP contribution in [0.15, 0.2) is 48.5 Å². The Labute approximate surface area is 164 Å². The average molecular weight is 402 g/mol. The molecule has 1 aliphatic heterocycles. The number of anilines is 1. The van der Waals surface area contributed by atoms with Gasteiger partial charge in [0.25, 0.3) is 5.91 Å². The highest BCUT2D eigenvalue weighted by Gasteiger charge is 2.25. The molecular weight excluding hydrogens is 380 g/mol. The summed E-state index contributed by atoms with van der Waals surface area (Å²) in [5.41, 5.74) is 1.99. The fourth-order valence-electron chi connectivity index (χ4n) is 3.03. The number of amides is 1. The molecule has 8 heteroatoms. The van der Waals surface area contributed by atoms with Crippen molar-refractivity contribution in [2.24, 2.45) is 0 Å². The largest absolute Gasteiger partial charge is 0.465 e. The number of hydrogen-bond donors (Lipinski definition) is 1. The van der Waals surface area contributed by atoms with Crippen LogP contribution >= 0.6 is 0 Å². The highest BCUT2D eigenvalue weighted by Crippen LogP contribution is 2.18. The summed E-state index contributed by atoms with van der Waals surface area (Å²) in [5, 5.41) is 2.74. The maximum atomic E-state index is 12.4. The fourth-order valence-corrected chi connectivity index (χ4v) is 4.64. The number of nitrogens with one attached hydrogen (secondary N) is 1. The van der Waals surface area contributed by atoms with Crippen molar-refractivity contribution in [3.63, 3.8) is 0 Å². The van der Waals surface area contributed by atoms with Crippen LogP contribution in [0.5, 0.6) is 0 Å². The van der Waals surface area contributed by atoms with Crippen molar-refractivity contribution in [3.8, 4) is 0 Å². The second-order valence-electron chi connectivity index (χ2n) is 6.58. The van der Waals surface area contributed by atoms with Gasteiger partial charge in [-0.25, -0.2) is 17.5 Å². The number of rotatable bonds is 6. The van der Waals surface area contributed by atoms with Gasteiger partial charge in [-0.2, -0.15) is 0 Å². The first kappa shape index (κ1) is 20.0. The van der Waals surface area contributed by atoms with Gasteiger partial charge in [-0.05, 0) is 54.8 Å². The molecule has 0 spiro atoms. The second kappa shape index (κ2) is 8.53. The lowest BCUT2D eigenvalue weighted by Crippen LogP contribution is -2.29. The van der Waals surface area contributed by atoms with Gasteiger partial charge in [-0.3, -0.25) is 4.79 Å². The molecule has 0 unspecified atom stereocenters. The molecule has 1 heterocycles. The Morgan fingerprint density at radius 3 is 2.11 bits per heavy atom. The Bertz CT molecular complexity index is 947. The molecule has 0 bridgehead atoms. The molecular formula is C20H22N2O5S. The number of esters is 1. The third kappa shape index (κ3) is 4.76. The van der Waals surface area contributed by atoms with Gasteiger partial charge in [0.2, 0.25) is 10.0 Å². The maximum Gasteiger partial charge on any atom is 0.337 e. The summed E-state index contributed by atoms with van der Waals surface area (Å²) in [5.74, 6) is -0.832. The van der Waals surface area contributed by atoms with Crippen molar-refractivity contribution in [3.05, 3.63) is 65.2 Å². The molecule has 1 fully saturated rings. The standard InChI is InChI=1S/C20H22N2O5S/c1-27-20(24)17-8-10-18(11-9-17)21-19(23)16-6-4-15(5-7-16)14-28(25,26)22-12-2-3-13-22/h4-11H,2-3,12-14H2,1H3,(H,21,23). The molecule has 1 N–H and O–H groups in total. The van der Waals surface area contributed by atoms with Crippen LogP contribution in [0.1, 0.15) is 39.1 Å². The summed E-state index contributed by atoms with van der Waals surface area (Å²) in [7, 11) is -2.01. The molecule has 1 amide bonds.